The predicted octanol–water partition coefficient (Wildman–Crippen LogP) is 2.46. The molecule has 0 aliphatic carbocycles. The van der Waals surface area contributed by atoms with E-state index in [0.717, 1.165) is 10.6 Å². The first-order chi connectivity index (χ1) is 14.4. The van der Waals surface area contributed by atoms with Gasteiger partial charge in [-0.2, -0.15) is 0 Å². The van der Waals surface area contributed by atoms with Crippen molar-refractivity contribution in [3.05, 3.63) is 65.2 Å². The molecule has 0 saturated carbocycles. The minimum atomic E-state index is -1.16. The molecule has 2 aliphatic rings. The second-order valence-corrected chi connectivity index (χ2v) is 8.09. The Labute approximate surface area is 180 Å². The minimum absolute atomic E-state index is 0.230. The van der Waals surface area contributed by atoms with Gasteiger partial charge in [0.25, 0.3) is 5.91 Å². The van der Waals surface area contributed by atoms with Crippen LogP contribution in [0.5, 0.6) is 0 Å². The van der Waals surface area contributed by atoms with E-state index in [0.29, 0.717) is 36.8 Å². The van der Waals surface area contributed by atoms with Gasteiger partial charge in [-0.25, -0.2) is 4.79 Å². The highest BCUT2D eigenvalue weighted by atomic mass is 35.5. The molecule has 1 N–H and O–H groups in total. The van der Waals surface area contributed by atoms with Crippen LogP contribution in [-0.2, 0) is 15.1 Å². The maximum absolute atomic E-state index is 13.0. The number of piperazine rings is 1. The first-order valence-electron chi connectivity index (χ1n) is 9.86. The smallest absolute Gasteiger partial charge is 0.325 e. The number of anilines is 1. The Morgan fingerprint density at radius 3 is 2.27 bits per heavy atom. The summed E-state index contributed by atoms with van der Waals surface area (Å²) in [6.45, 7) is 3.82. The Bertz CT molecular complexity index is 958. The molecule has 7 nitrogen and oxygen atoms in total. The lowest BCUT2D eigenvalue weighted by Gasteiger charge is -2.36. The monoisotopic (exact) mass is 426 g/mol. The van der Waals surface area contributed by atoms with E-state index in [2.05, 4.69) is 10.2 Å². The van der Waals surface area contributed by atoms with Crippen LogP contribution in [0.1, 0.15) is 12.5 Å². The maximum atomic E-state index is 13.0. The average Bonchev–Trinajstić information content (AvgIpc) is 2.99. The van der Waals surface area contributed by atoms with Crippen molar-refractivity contribution in [2.45, 2.75) is 12.5 Å². The fourth-order valence-corrected chi connectivity index (χ4v) is 4.03. The van der Waals surface area contributed by atoms with E-state index in [1.807, 2.05) is 42.5 Å². The molecule has 0 aromatic heterocycles. The summed E-state index contributed by atoms with van der Waals surface area (Å²) in [5.41, 5.74) is 0.584. The number of carbonyl (C=O) groups excluding carboxylic acids is 3. The van der Waals surface area contributed by atoms with Crippen molar-refractivity contribution in [1.29, 1.82) is 0 Å². The van der Waals surface area contributed by atoms with E-state index in [9.17, 15) is 14.4 Å². The number of rotatable bonds is 4. The first-order valence-corrected chi connectivity index (χ1v) is 10.2. The molecule has 0 radical (unpaired) electrons. The summed E-state index contributed by atoms with van der Waals surface area (Å²) in [6, 6.07) is 16.1. The van der Waals surface area contributed by atoms with Crippen LogP contribution >= 0.6 is 11.6 Å². The van der Waals surface area contributed by atoms with Crippen molar-refractivity contribution in [2.75, 3.05) is 37.6 Å². The van der Waals surface area contributed by atoms with Gasteiger partial charge in [-0.05, 0) is 36.8 Å². The zero-order valence-electron chi connectivity index (χ0n) is 16.7. The van der Waals surface area contributed by atoms with E-state index in [1.54, 1.807) is 24.0 Å². The van der Waals surface area contributed by atoms with Gasteiger partial charge in [-0.15, -0.1) is 0 Å². The van der Waals surface area contributed by atoms with E-state index >= 15 is 0 Å². The molecule has 2 aromatic rings. The normalized spacial score (nSPS) is 21.7. The minimum Gasteiger partial charge on any atom is -0.368 e. The molecule has 0 bridgehead atoms. The van der Waals surface area contributed by atoms with Crippen LogP contribution in [0.25, 0.3) is 0 Å². The highest BCUT2D eigenvalue weighted by Crippen LogP contribution is 2.28. The molecule has 0 spiro atoms. The number of nitrogens with one attached hydrogen (secondary N) is 1. The van der Waals surface area contributed by atoms with Crippen LogP contribution < -0.4 is 10.2 Å². The Balaban J connectivity index is 1.38. The first kappa shape index (κ1) is 20.2. The topological polar surface area (TPSA) is 73.0 Å². The highest BCUT2D eigenvalue weighted by molar-refractivity contribution is 6.30. The van der Waals surface area contributed by atoms with Crippen molar-refractivity contribution in [3.8, 4) is 0 Å². The predicted molar refractivity (Wildman–Crippen MR) is 114 cm³/mol. The fraction of sp³-hybridized carbons (Fsp3) is 0.318. The van der Waals surface area contributed by atoms with Crippen molar-refractivity contribution < 1.29 is 14.4 Å². The van der Waals surface area contributed by atoms with Gasteiger partial charge in [0, 0.05) is 36.9 Å². The number of hydrogen-bond acceptors (Lipinski definition) is 4. The molecule has 4 rings (SSSR count). The van der Waals surface area contributed by atoms with Gasteiger partial charge < -0.3 is 15.1 Å². The van der Waals surface area contributed by atoms with Crippen LogP contribution in [0.2, 0.25) is 5.02 Å². The van der Waals surface area contributed by atoms with Gasteiger partial charge in [-0.1, -0.05) is 41.9 Å². The Kier molecular flexibility index (Phi) is 5.39. The van der Waals surface area contributed by atoms with Crippen LogP contribution in [0.15, 0.2) is 54.6 Å². The summed E-state index contributed by atoms with van der Waals surface area (Å²) in [4.78, 5) is 43.1. The summed E-state index contributed by atoms with van der Waals surface area (Å²) in [5.74, 6) is -0.640. The summed E-state index contributed by atoms with van der Waals surface area (Å²) in [6.07, 6.45) is 0. The quantitative estimate of drug-likeness (QED) is 0.762. The van der Waals surface area contributed by atoms with Gasteiger partial charge in [0.05, 0.1) is 0 Å². The number of carbonyl (C=O) groups is 3. The molecule has 156 valence electrons. The van der Waals surface area contributed by atoms with Crippen LogP contribution in [-0.4, -0.2) is 60.4 Å². The SMILES string of the molecule is CC1(c2ccccc2)NC(=O)N(CC(=O)N2CCN(c3ccc(Cl)cc3)CC2)C1=O. The molecule has 2 heterocycles. The average molecular weight is 427 g/mol. The Morgan fingerprint density at radius 2 is 1.63 bits per heavy atom. The highest BCUT2D eigenvalue weighted by Gasteiger charge is 2.49. The lowest BCUT2D eigenvalue weighted by atomic mass is 9.92. The molecule has 1 atom stereocenters. The van der Waals surface area contributed by atoms with Crippen molar-refractivity contribution in [3.63, 3.8) is 0 Å². The zero-order valence-corrected chi connectivity index (χ0v) is 17.4. The fourth-order valence-electron chi connectivity index (χ4n) is 3.91. The molecule has 30 heavy (non-hydrogen) atoms. The number of nitrogens with zero attached hydrogens (tertiary/aromatic N) is 3. The molecule has 8 heteroatoms. The van der Waals surface area contributed by atoms with E-state index in [4.69, 9.17) is 11.6 Å². The van der Waals surface area contributed by atoms with Gasteiger partial charge >= 0.3 is 6.03 Å². The second kappa shape index (κ2) is 7.99. The summed E-state index contributed by atoms with van der Waals surface area (Å²) >= 11 is 5.94. The number of imide groups is 1. The zero-order chi connectivity index (χ0) is 21.3. The molecule has 2 fully saturated rings. The number of benzene rings is 2. The van der Waals surface area contributed by atoms with E-state index < -0.39 is 17.5 Å². The van der Waals surface area contributed by atoms with Crippen molar-refractivity contribution in [2.24, 2.45) is 0 Å². The molecule has 4 amide bonds. The third-order valence-electron chi connectivity index (χ3n) is 5.74. The number of hydrogen-bond donors (Lipinski definition) is 1. The van der Waals surface area contributed by atoms with Crippen molar-refractivity contribution in [1.82, 2.24) is 15.1 Å². The Hall–Kier alpha value is -3.06. The molecular formula is C22H23ClN4O3. The lowest BCUT2D eigenvalue weighted by molar-refractivity contribution is -0.139. The van der Waals surface area contributed by atoms with Gasteiger partial charge in [0.15, 0.2) is 0 Å². The number of amides is 4. The van der Waals surface area contributed by atoms with Gasteiger partial charge in [-0.3, -0.25) is 14.5 Å². The van der Waals surface area contributed by atoms with E-state index in [-0.39, 0.29) is 12.5 Å². The summed E-state index contributed by atoms with van der Waals surface area (Å²) in [7, 11) is 0. The van der Waals surface area contributed by atoms with Gasteiger partial charge in [0.1, 0.15) is 12.1 Å². The summed E-state index contributed by atoms with van der Waals surface area (Å²) < 4.78 is 0. The number of halogens is 1. The van der Waals surface area contributed by atoms with E-state index in [1.165, 1.54) is 0 Å². The van der Waals surface area contributed by atoms with Crippen LogP contribution in [0.3, 0.4) is 0 Å². The maximum Gasteiger partial charge on any atom is 0.325 e. The molecule has 2 aromatic carbocycles. The number of urea groups is 1. The van der Waals surface area contributed by atoms with Crippen LogP contribution in [0, 0.1) is 0 Å². The van der Waals surface area contributed by atoms with Gasteiger partial charge in [0.2, 0.25) is 5.91 Å². The standard InChI is InChI=1S/C22H23ClN4O3/c1-22(16-5-3-2-4-6-16)20(29)27(21(30)24-22)15-19(28)26-13-11-25(12-14-26)18-9-7-17(23)8-10-18/h2-10H,11-15H2,1H3,(H,24,30). The molecule has 2 saturated heterocycles. The largest absolute Gasteiger partial charge is 0.368 e. The Morgan fingerprint density at radius 1 is 1.00 bits per heavy atom. The lowest BCUT2D eigenvalue weighted by Crippen LogP contribution is -2.52. The third-order valence-corrected chi connectivity index (χ3v) is 6.00. The third kappa shape index (κ3) is 3.73. The molecule has 1 unspecified atom stereocenters. The van der Waals surface area contributed by atoms with Crippen LogP contribution in [0.4, 0.5) is 10.5 Å². The second-order valence-electron chi connectivity index (χ2n) is 7.66. The van der Waals surface area contributed by atoms with Crippen molar-refractivity contribution >= 4 is 35.1 Å². The summed E-state index contributed by atoms with van der Waals surface area (Å²) in [5, 5.41) is 3.42. The molecular weight excluding hydrogens is 404 g/mol. The molecule has 2 aliphatic heterocycles.